The van der Waals surface area contributed by atoms with E-state index in [4.69, 9.17) is 11.6 Å². The lowest BCUT2D eigenvalue weighted by Crippen LogP contribution is -2.41. The molecule has 0 spiro atoms. The van der Waals surface area contributed by atoms with Gasteiger partial charge in [-0.25, -0.2) is 14.4 Å². The fourth-order valence-corrected chi connectivity index (χ4v) is 3.62. The summed E-state index contributed by atoms with van der Waals surface area (Å²) in [5, 5.41) is 0.898. The number of benzene rings is 2. The number of hydrogen-bond donors (Lipinski definition) is 1. The monoisotopic (exact) mass is 610 g/mol. The molecule has 0 saturated carbocycles. The van der Waals surface area contributed by atoms with E-state index < -0.39 is 52.3 Å². The summed E-state index contributed by atoms with van der Waals surface area (Å²) in [6.45, 7) is 0. The van der Waals surface area contributed by atoms with Crippen molar-refractivity contribution in [3.63, 3.8) is 0 Å². The molecular weight excluding hydrogens is 597 g/mol. The number of nitrogens with zero attached hydrogens (tertiary/aromatic N) is 3. The maximum Gasteiger partial charge on any atom is 0.417 e. The van der Waals surface area contributed by atoms with Crippen molar-refractivity contribution in [2.75, 3.05) is 12.1 Å². The van der Waals surface area contributed by atoms with Crippen LogP contribution in [0.5, 0.6) is 0 Å². The molecule has 196 valence electrons. The van der Waals surface area contributed by atoms with E-state index in [0.29, 0.717) is 10.5 Å². The predicted octanol–water partition coefficient (Wildman–Crippen LogP) is 7.35. The van der Waals surface area contributed by atoms with Crippen molar-refractivity contribution in [2.24, 2.45) is 0 Å². The first-order valence-corrected chi connectivity index (χ1v) is 11.3. The summed E-state index contributed by atoms with van der Waals surface area (Å²) < 4.78 is 97.6. The molecule has 1 unspecified atom stereocenters. The van der Waals surface area contributed by atoms with Gasteiger partial charge in [-0.1, -0.05) is 23.7 Å². The van der Waals surface area contributed by atoms with Crippen LogP contribution in [-0.2, 0) is 6.18 Å². The number of allylic oxidation sites excluding steroid dienone is 1. The molecule has 0 aliphatic heterocycles. The maximum atomic E-state index is 14.9. The van der Waals surface area contributed by atoms with Gasteiger partial charge in [0.05, 0.1) is 16.1 Å². The van der Waals surface area contributed by atoms with E-state index in [1.54, 1.807) is 0 Å². The van der Waals surface area contributed by atoms with E-state index in [1.165, 1.54) is 31.6 Å². The molecule has 1 amide bonds. The Balaban J connectivity index is 1.99. The van der Waals surface area contributed by atoms with Crippen LogP contribution < -0.4 is 10.4 Å². The number of carbonyl (C=O) groups excluding carboxylic acids is 1. The zero-order chi connectivity index (χ0) is 27.5. The fourth-order valence-electron chi connectivity index (χ4n) is 3.18. The first kappa shape index (κ1) is 28.4. The van der Waals surface area contributed by atoms with Gasteiger partial charge in [0.25, 0.3) is 5.91 Å². The van der Waals surface area contributed by atoms with Gasteiger partial charge >= 0.3 is 12.4 Å². The average Bonchev–Trinajstić information content (AvgIpc) is 2.83. The topological polar surface area (TPSA) is 58.1 Å². The van der Waals surface area contributed by atoms with Crippen LogP contribution in [0.15, 0.2) is 65.4 Å². The molecule has 1 atom stereocenters. The van der Waals surface area contributed by atoms with Crippen molar-refractivity contribution >= 4 is 45.2 Å². The van der Waals surface area contributed by atoms with Gasteiger partial charge < -0.3 is 0 Å². The molecule has 5 nitrogen and oxygen atoms in total. The third-order valence-electron chi connectivity index (χ3n) is 4.94. The average molecular weight is 612 g/mol. The van der Waals surface area contributed by atoms with Crippen LogP contribution in [0.1, 0.15) is 33.0 Å². The van der Waals surface area contributed by atoms with Crippen LogP contribution in [0.3, 0.4) is 0 Å². The van der Waals surface area contributed by atoms with Crippen molar-refractivity contribution in [1.29, 1.82) is 0 Å². The number of nitrogens with one attached hydrogen (secondary N) is 1. The Labute approximate surface area is 219 Å². The van der Waals surface area contributed by atoms with Gasteiger partial charge in [-0.05, 0) is 57.9 Å². The highest BCUT2D eigenvalue weighted by Gasteiger charge is 2.40. The second-order valence-corrected chi connectivity index (χ2v) is 8.78. The molecule has 3 aromatic rings. The minimum atomic E-state index is -5.13. The minimum absolute atomic E-state index is 0.0266. The van der Waals surface area contributed by atoms with Gasteiger partial charge in [-0.3, -0.25) is 15.2 Å². The van der Waals surface area contributed by atoms with Crippen molar-refractivity contribution in [1.82, 2.24) is 15.4 Å². The summed E-state index contributed by atoms with van der Waals surface area (Å²) >= 11 is 8.89. The largest absolute Gasteiger partial charge is 0.417 e. The number of aromatic nitrogens is 2. The van der Waals surface area contributed by atoms with Crippen LogP contribution in [0.4, 0.5) is 36.7 Å². The van der Waals surface area contributed by atoms with E-state index in [1.807, 2.05) is 0 Å². The molecule has 2 aromatic carbocycles. The highest BCUT2D eigenvalue weighted by molar-refractivity contribution is 9.10. The number of alkyl halides is 6. The quantitative estimate of drug-likeness (QED) is 0.234. The third-order valence-corrected chi connectivity index (χ3v) is 6.17. The first-order valence-electron chi connectivity index (χ1n) is 10.1. The van der Waals surface area contributed by atoms with Crippen LogP contribution in [0.25, 0.3) is 5.83 Å². The lowest BCUT2D eigenvalue weighted by molar-refractivity contribution is -0.140. The van der Waals surface area contributed by atoms with Crippen molar-refractivity contribution < 1.29 is 35.5 Å². The zero-order valence-corrected chi connectivity index (χ0v) is 20.8. The Bertz CT molecular complexity index is 1320. The standard InChI is InChI=1S/C23H15BrClF7N4O/c1-36(21-33-7-2-8-34-21)35-20(37)14-5-3-13(9-16(14)23(30,31)32)19(26)11-15(22(27,28)29)12-4-6-17(24)18(25)10-12/h2-11,15H,1H3,(H,35,37). The van der Waals surface area contributed by atoms with E-state index in [0.717, 1.165) is 23.2 Å². The SMILES string of the molecule is CN(NC(=O)c1ccc(C(F)=CC(c2ccc(Br)c(Cl)c2)C(F)(F)F)cc1C(F)(F)F)c1ncccn1. The zero-order valence-electron chi connectivity index (χ0n) is 18.5. The molecule has 0 fully saturated rings. The molecule has 3 rings (SSSR count). The second kappa shape index (κ2) is 11.1. The normalized spacial score (nSPS) is 13.3. The number of amides is 1. The summed E-state index contributed by atoms with van der Waals surface area (Å²) in [5.41, 5.74) is -1.52. The van der Waals surface area contributed by atoms with Crippen LogP contribution in [0.2, 0.25) is 5.02 Å². The Hall–Kier alpha value is -3.19. The number of hydrazine groups is 1. The molecule has 0 radical (unpaired) electrons. The summed E-state index contributed by atoms with van der Waals surface area (Å²) in [7, 11) is 1.28. The number of anilines is 1. The third kappa shape index (κ3) is 6.98. The summed E-state index contributed by atoms with van der Waals surface area (Å²) in [4.78, 5) is 20.2. The smallest absolute Gasteiger partial charge is 0.267 e. The summed E-state index contributed by atoms with van der Waals surface area (Å²) in [6.07, 6.45) is -7.28. The Morgan fingerprint density at radius 2 is 1.73 bits per heavy atom. The van der Waals surface area contributed by atoms with Gasteiger partial charge in [0.2, 0.25) is 5.95 Å². The number of rotatable bonds is 6. The van der Waals surface area contributed by atoms with Gasteiger partial charge in [-0.2, -0.15) is 26.3 Å². The number of halogens is 9. The van der Waals surface area contributed by atoms with Gasteiger partial charge in [0.15, 0.2) is 0 Å². The minimum Gasteiger partial charge on any atom is -0.267 e. The molecule has 0 aliphatic carbocycles. The molecule has 1 aromatic heterocycles. The Kier molecular flexibility index (Phi) is 8.48. The lowest BCUT2D eigenvalue weighted by Gasteiger charge is -2.20. The Morgan fingerprint density at radius 3 is 2.30 bits per heavy atom. The van der Waals surface area contributed by atoms with E-state index in [2.05, 4.69) is 31.3 Å². The molecule has 37 heavy (non-hydrogen) atoms. The molecule has 0 saturated heterocycles. The lowest BCUT2D eigenvalue weighted by atomic mass is 9.95. The Morgan fingerprint density at radius 1 is 1.08 bits per heavy atom. The van der Waals surface area contributed by atoms with E-state index in [9.17, 15) is 35.5 Å². The van der Waals surface area contributed by atoms with Crippen LogP contribution in [0, 0.1) is 0 Å². The van der Waals surface area contributed by atoms with Crippen LogP contribution >= 0.6 is 27.5 Å². The molecular formula is C23H15BrClF7N4O. The molecule has 0 aliphatic rings. The van der Waals surface area contributed by atoms with Gasteiger partial charge in [0, 0.05) is 29.5 Å². The van der Waals surface area contributed by atoms with Gasteiger partial charge in [0.1, 0.15) is 11.7 Å². The second-order valence-electron chi connectivity index (χ2n) is 7.51. The first-order chi connectivity index (χ1) is 17.2. The summed E-state index contributed by atoms with van der Waals surface area (Å²) in [6, 6.07) is 6.44. The molecule has 0 bridgehead atoms. The van der Waals surface area contributed by atoms with Crippen molar-refractivity contribution in [3.05, 3.63) is 92.7 Å². The van der Waals surface area contributed by atoms with Crippen molar-refractivity contribution in [2.45, 2.75) is 18.3 Å². The van der Waals surface area contributed by atoms with Crippen LogP contribution in [-0.4, -0.2) is 29.1 Å². The molecule has 1 heterocycles. The highest BCUT2D eigenvalue weighted by atomic mass is 79.9. The van der Waals surface area contributed by atoms with E-state index >= 15 is 0 Å². The molecule has 1 N–H and O–H groups in total. The fraction of sp³-hybridized carbons (Fsp3) is 0.174. The number of hydrogen-bond acceptors (Lipinski definition) is 4. The highest BCUT2D eigenvalue weighted by Crippen LogP contribution is 2.41. The number of carbonyl (C=O) groups is 1. The van der Waals surface area contributed by atoms with Crippen molar-refractivity contribution in [3.8, 4) is 0 Å². The predicted molar refractivity (Wildman–Crippen MR) is 126 cm³/mol. The van der Waals surface area contributed by atoms with E-state index in [-0.39, 0.29) is 23.1 Å². The van der Waals surface area contributed by atoms with Gasteiger partial charge in [-0.15, -0.1) is 0 Å². The summed E-state index contributed by atoms with van der Waals surface area (Å²) in [5.74, 6) is -5.33. The molecule has 14 heteroatoms. The maximum absolute atomic E-state index is 14.9.